The molecule has 0 saturated carbocycles. The van der Waals surface area contributed by atoms with Crippen LogP contribution in [0.2, 0.25) is 0 Å². The van der Waals surface area contributed by atoms with E-state index in [9.17, 15) is 14.4 Å². The van der Waals surface area contributed by atoms with Gasteiger partial charge >= 0.3 is 0 Å². The van der Waals surface area contributed by atoms with Crippen LogP contribution in [0.1, 0.15) is 40.6 Å². The maximum Gasteiger partial charge on any atom is 0.257 e. The zero-order chi connectivity index (χ0) is 17.8. The van der Waals surface area contributed by atoms with Crippen molar-refractivity contribution in [2.24, 2.45) is 0 Å². The number of nitrogens with zero attached hydrogens (tertiary/aromatic N) is 1. The molecule has 0 bridgehead atoms. The molecule has 1 fully saturated rings. The van der Waals surface area contributed by atoms with Crippen molar-refractivity contribution >= 4 is 39.8 Å². The first-order valence-electron chi connectivity index (χ1n) is 7.83. The van der Waals surface area contributed by atoms with Crippen molar-refractivity contribution in [3.05, 3.63) is 40.9 Å². The van der Waals surface area contributed by atoms with Gasteiger partial charge in [0.15, 0.2) is 10.9 Å². The van der Waals surface area contributed by atoms with Gasteiger partial charge in [-0.3, -0.25) is 19.7 Å². The fourth-order valence-electron chi connectivity index (χ4n) is 2.41. The van der Waals surface area contributed by atoms with Crippen molar-refractivity contribution in [3.63, 3.8) is 0 Å². The van der Waals surface area contributed by atoms with Gasteiger partial charge in [-0.2, -0.15) is 0 Å². The highest BCUT2D eigenvalue weighted by molar-refractivity contribution is 7.14. The minimum Gasteiger partial charge on any atom is -0.368 e. The summed E-state index contributed by atoms with van der Waals surface area (Å²) < 4.78 is 5.34. The summed E-state index contributed by atoms with van der Waals surface area (Å²) in [5.41, 5.74) is 1.22. The molecule has 1 saturated heterocycles. The van der Waals surface area contributed by atoms with Crippen molar-refractivity contribution in [3.8, 4) is 0 Å². The second-order valence-electron chi connectivity index (χ2n) is 5.62. The van der Waals surface area contributed by atoms with Crippen molar-refractivity contribution in [2.75, 3.05) is 17.2 Å². The van der Waals surface area contributed by atoms with Crippen molar-refractivity contribution in [2.45, 2.75) is 25.9 Å². The number of rotatable bonds is 5. The molecule has 1 atom stereocenters. The number of carbonyl (C=O) groups excluding carboxylic acids is 3. The summed E-state index contributed by atoms with van der Waals surface area (Å²) in [6.45, 7) is 2.01. The number of carbonyl (C=O) groups is 3. The Bertz CT molecular complexity index is 812. The number of Topliss-reactive ketones (excluding diaryl/α,β-unsaturated/α-hetero) is 1. The molecule has 7 nitrogen and oxygen atoms in total. The van der Waals surface area contributed by atoms with Crippen LogP contribution in [0.5, 0.6) is 0 Å². The Morgan fingerprint density at radius 3 is 2.80 bits per heavy atom. The van der Waals surface area contributed by atoms with E-state index in [0.29, 0.717) is 35.1 Å². The van der Waals surface area contributed by atoms with Gasteiger partial charge in [0.1, 0.15) is 11.8 Å². The molecule has 3 rings (SSSR count). The molecule has 1 aromatic heterocycles. The number of benzene rings is 1. The number of aromatic nitrogens is 1. The van der Waals surface area contributed by atoms with Gasteiger partial charge in [-0.1, -0.05) is 6.07 Å². The largest absolute Gasteiger partial charge is 0.368 e. The van der Waals surface area contributed by atoms with Gasteiger partial charge in [0, 0.05) is 30.2 Å². The molecule has 0 aliphatic carbocycles. The van der Waals surface area contributed by atoms with Gasteiger partial charge in [0.2, 0.25) is 0 Å². The Labute approximate surface area is 148 Å². The summed E-state index contributed by atoms with van der Waals surface area (Å²) in [7, 11) is 0. The van der Waals surface area contributed by atoms with Crippen molar-refractivity contribution in [1.82, 2.24) is 4.98 Å². The molecule has 1 unspecified atom stereocenters. The number of hydrogen-bond acceptors (Lipinski definition) is 6. The van der Waals surface area contributed by atoms with Crippen LogP contribution in [0.4, 0.5) is 10.8 Å². The first kappa shape index (κ1) is 17.2. The van der Waals surface area contributed by atoms with E-state index in [2.05, 4.69) is 15.6 Å². The highest BCUT2D eigenvalue weighted by Crippen LogP contribution is 2.19. The number of thiazole rings is 1. The van der Waals surface area contributed by atoms with Gasteiger partial charge in [0.05, 0.1) is 0 Å². The number of hydrogen-bond donors (Lipinski definition) is 2. The van der Waals surface area contributed by atoms with E-state index in [1.165, 1.54) is 18.3 Å². The van der Waals surface area contributed by atoms with Crippen LogP contribution >= 0.6 is 11.3 Å². The van der Waals surface area contributed by atoms with Crippen LogP contribution in [0, 0.1) is 0 Å². The molecule has 8 heteroatoms. The summed E-state index contributed by atoms with van der Waals surface area (Å²) in [6.07, 6.45) is 1.14. The Hall–Kier alpha value is -2.58. The molecular weight excluding hydrogens is 342 g/mol. The van der Waals surface area contributed by atoms with E-state index in [0.717, 1.165) is 6.42 Å². The molecule has 1 aromatic carbocycles. The highest BCUT2D eigenvalue weighted by atomic mass is 32.1. The Morgan fingerprint density at radius 1 is 1.28 bits per heavy atom. The molecule has 0 spiro atoms. The molecule has 2 aromatic rings. The van der Waals surface area contributed by atoms with Gasteiger partial charge < -0.3 is 10.1 Å². The van der Waals surface area contributed by atoms with Crippen LogP contribution in [0.25, 0.3) is 0 Å². The number of anilines is 2. The summed E-state index contributed by atoms with van der Waals surface area (Å²) in [5.74, 6) is -0.727. The quantitative estimate of drug-likeness (QED) is 0.800. The lowest BCUT2D eigenvalue weighted by atomic mass is 10.1. The van der Waals surface area contributed by atoms with Crippen molar-refractivity contribution < 1.29 is 19.1 Å². The zero-order valence-corrected chi connectivity index (χ0v) is 14.4. The predicted molar refractivity (Wildman–Crippen MR) is 94.1 cm³/mol. The monoisotopic (exact) mass is 359 g/mol. The number of amides is 2. The second-order valence-corrected chi connectivity index (χ2v) is 6.48. The Morgan fingerprint density at radius 2 is 2.12 bits per heavy atom. The Kier molecular flexibility index (Phi) is 5.20. The normalized spacial score (nSPS) is 16.4. The fourth-order valence-corrected chi connectivity index (χ4v) is 3.15. The lowest BCUT2D eigenvalue weighted by Gasteiger charge is -2.11. The number of ether oxygens (including phenoxy) is 1. The van der Waals surface area contributed by atoms with Gasteiger partial charge in [0.25, 0.3) is 11.8 Å². The van der Waals surface area contributed by atoms with Gasteiger partial charge in [-0.25, -0.2) is 4.98 Å². The van der Waals surface area contributed by atoms with E-state index in [-0.39, 0.29) is 17.6 Å². The summed E-state index contributed by atoms with van der Waals surface area (Å²) in [5, 5.41) is 7.35. The van der Waals surface area contributed by atoms with Gasteiger partial charge in [-0.05, 0) is 31.0 Å². The second kappa shape index (κ2) is 7.54. The average Bonchev–Trinajstić information content (AvgIpc) is 3.27. The van der Waals surface area contributed by atoms with E-state index in [4.69, 9.17) is 4.74 Å². The van der Waals surface area contributed by atoms with Crippen LogP contribution in [-0.4, -0.2) is 35.3 Å². The topological polar surface area (TPSA) is 97.4 Å². The zero-order valence-electron chi connectivity index (χ0n) is 13.6. The maximum absolute atomic E-state index is 12.3. The summed E-state index contributed by atoms with van der Waals surface area (Å²) in [4.78, 5) is 39.7. The minimum absolute atomic E-state index is 0.157. The highest BCUT2D eigenvalue weighted by Gasteiger charge is 2.23. The predicted octanol–water partition coefficient (Wildman–Crippen LogP) is 2.72. The average molecular weight is 359 g/mol. The lowest BCUT2D eigenvalue weighted by molar-refractivity contribution is -0.124. The molecule has 25 heavy (non-hydrogen) atoms. The molecule has 1 aliphatic rings. The summed E-state index contributed by atoms with van der Waals surface area (Å²) in [6, 6.07) is 6.61. The van der Waals surface area contributed by atoms with E-state index >= 15 is 0 Å². The molecular formula is C17H17N3O4S. The summed E-state index contributed by atoms with van der Waals surface area (Å²) >= 11 is 1.18. The molecule has 2 heterocycles. The van der Waals surface area contributed by atoms with E-state index in [1.54, 1.807) is 29.6 Å². The van der Waals surface area contributed by atoms with Crippen LogP contribution in [-0.2, 0) is 9.53 Å². The fraction of sp³-hybridized carbons (Fsp3) is 0.294. The minimum atomic E-state index is -0.433. The molecule has 130 valence electrons. The number of nitrogens with one attached hydrogen (secondary N) is 2. The molecule has 0 radical (unpaired) electrons. The van der Waals surface area contributed by atoms with Crippen LogP contribution in [0.15, 0.2) is 29.6 Å². The van der Waals surface area contributed by atoms with Crippen LogP contribution in [0.3, 0.4) is 0 Å². The lowest BCUT2D eigenvalue weighted by Crippen LogP contribution is -2.27. The van der Waals surface area contributed by atoms with Gasteiger partial charge in [-0.15, -0.1) is 11.3 Å². The first-order valence-corrected chi connectivity index (χ1v) is 8.71. The first-order chi connectivity index (χ1) is 12.0. The third kappa shape index (κ3) is 4.28. The standard InChI is InChI=1S/C17H17N3O4S/c1-10(21)13-9-25-17(19-13)20-15(22)11-4-2-5-12(8-11)18-16(23)14-6-3-7-24-14/h2,4-5,8-9,14H,3,6-7H2,1H3,(H,18,23)(H,19,20,22). The number of ketones is 1. The Balaban J connectivity index is 1.66. The SMILES string of the molecule is CC(=O)c1csc(NC(=O)c2cccc(NC(=O)C3CCCO3)c2)n1. The van der Waals surface area contributed by atoms with E-state index < -0.39 is 6.10 Å². The van der Waals surface area contributed by atoms with E-state index in [1.807, 2.05) is 0 Å². The smallest absolute Gasteiger partial charge is 0.257 e. The molecule has 2 N–H and O–H groups in total. The molecule has 1 aliphatic heterocycles. The maximum atomic E-state index is 12.3. The van der Waals surface area contributed by atoms with Crippen molar-refractivity contribution in [1.29, 1.82) is 0 Å². The third-order valence-electron chi connectivity index (χ3n) is 3.70. The van der Waals surface area contributed by atoms with Crippen LogP contribution < -0.4 is 10.6 Å². The molecule has 2 amide bonds. The third-order valence-corrected chi connectivity index (χ3v) is 4.46.